The van der Waals surface area contributed by atoms with Crippen LogP contribution in [0.15, 0.2) is 24.5 Å². The Morgan fingerprint density at radius 2 is 2.78 bits per heavy atom. The van der Waals surface area contributed by atoms with Crippen molar-refractivity contribution in [3.63, 3.8) is 0 Å². The van der Waals surface area contributed by atoms with E-state index < -0.39 is 0 Å². The van der Waals surface area contributed by atoms with E-state index >= 15 is 0 Å². The summed E-state index contributed by atoms with van der Waals surface area (Å²) in [6, 6.07) is 0. The van der Waals surface area contributed by atoms with Gasteiger partial charge in [0.2, 0.25) is 0 Å². The fourth-order valence-electron chi connectivity index (χ4n) is 0.505. The van der Waals surface area contributed by atoms with Crippen LogP contribution in [0.3, 0.4) is 0 Å². The second-order valence-corrected chi connectivity index (χ2v) is 1.57. The third-order valence-corrected chi connectivity index (χ3v) is 0.870. The van der Waals surface area contributed by atoms with Crippen LogP contribution < -0.4 is 10.8 Å². The van der Waals surface area contributed by atoms with Gasteiger partial charge < -0.3 is 10.2 Å². The fraction of sp³-hybridized carbons (Fsp3) is 0.200. The van der Waals surface area contributed by atoms with Crippen molar-refractivity contribution in [3.05, 3.63) is 24.5 Å². The van der Waals surface area contributed by atoms with Crippen molar-refractivity contribution in [2.24, 2.45) is 0 Å². The molecular weight excluding hydrogens is 115 g/mol. The highest BCUT2D eigenvalue weighted by Gasteiger charge is 2.01. The number of nitrogens with one attached hydrogen (secondary N) is 2. The van der Waals surface area contributed by atoms with Crippen molar-refractivity contribution in [1.82, 2.24) is 10.8 Å². The van der Waals surface area contributed by atoms with E-state index in [1.807, 2.05) is 5.98 Å². The molecule has 1 rings (SSSR count). The molecule has 3 nitrogen and oxygen atoms in total. The SMILES string of the molecule is C=CCOC1=C[B]NN1. The van der Waals surface area contributed by atoms with E-state index in [-0.39, 0.29) is 0 Å². The molecule has 1 heterocycles. The van der Waals surface area contributed by atoms with Crippen LogP contribution in [0, 0.1) is 0 Å². The normalized spacial score (nSPS) is 15.3. The molecule has 0 aromatic heterocycles. The van der Waals surface area contributed by atoms with Crippen LogP contribution in [-0.4, -0.2) is 14.0 Å². The largest absolute Gasteiger partial charge is 0.475 e. The highest BCUT2D eigenvalue weighted by Crippen LogP contribution is 1.92. The van der Waals surface area contributed by atoms with E-state index in [0.717, 1.165) is 5.88 Å². The lowest BCUT2D eigenvalue weighted by Gasteiger charge is -2.03. The topological polar surface area (TPSA) is 33.3 Å². The monoisotopic (exact) mass is 123 g/mol. The predicted molar refractivity (Wildman–Crippen MR) is 36.3 cm³/mol. The van der Waals surface area contributed by atoms with Gasteiger partial charge >= 0.3 is 0 Å². The maximum absolute atomic E-state index is 5.09. The molecule has 0 amide bonds. The number of ether oxygens (including phenoxy) is 1. The lowest BCUT2D eigenvalue weighted by Crippen LogP contribution is -2.26. The second-order valence-electron chi connectivity index (χ2n) is 1.57. The molecule has 0 saturated carbocycles. The molecule has 0 atom stereocenters. The molecule has 0 aromatic carbocycles. The summed E-state index contributed by atoms with van der Waals surface area (Å²) in [7, 11) is 1.76. The summed E-state index contributed by atoms with van der Waals surface area (Å²) in [5, 5.41) is 2.75. The zero-order valence-electron chi connectivity index (χ0n) is 5.05. The molecule has 2 N–H and O–H groups in total. The number of hydrogen-bond acceptors (Lipinski definition) is 3. The van der Waals surface area contributed by atoms with E-state index in [0.29, 0.717) is 6.61 Å². The fourth-order valence-corrected chi connectivity index (χ4v) is 0.505. The number of rotatable bonds is 3. The van der Waals surface area contributed by atoms with Crippen LogP contribution >= 0.6 is 0 Å². The summed E-state index contributed by atoms with van der Waals surface area (Å²) < 4.78 is 5.09. The quantitative estimate of drug-likeness (QED) is 0.399. The molecule has 0 fully saturated rings. The second kappa shape index (κ2) is 3.19. The highest BCUT2D eigenvalue weighted by atomic mass is 16.5. The van der Waals surface area contributed by atoms with E-state index in [4.69, 9.17) is 4.74 Å². The van der Waals surface area contributed by atoms with Gasteiger partial charge in [0.15, 0.2) is 5.88 Å². The van der Waals surface area contributed by atoms with Gasteiger partial charge in [-0.05, 0) is 5.98 Å². The summed E-state index contributed by atoms with van der Waals surface area (Å²) in [6.07, 6.45) is 1.70. The predicted octanol–water partition coefficient (Wildman–Crippen LogP) is -0.285. The maximum Gasteiger partial charge on any atom is 0.267 e. The van der Waals surface area contributed by atoms with Crippen LogP contribution in [0.5, 0.6) is 0 Å². The lowest BCUT2D eigenvalue weighted by molar-refractivity contribution is 0.223. The Bertz CT molecular complexity index is 135. The molecule has 0 aromatic rings. The molecule has 1 radical (unpaired) electrons. The van der Waals surface area contributed by atoms with Gasteiger partial charge in [-0.1, -0.05) is 12.7 Å². The summed E-state index contributed by atoms with van der Waals surface area (Å²) in [4.78, 5) is 0. The van der Waals surface area contributed by atoms with Crippen molar-refractivity contribution in [2.45, 2.75) is 0 Å². The summed E-state index contributed by atoms with van der Waals surface area (Å²) in [6.45, 7) is 4.05. The Balaban J connectivity index is 2.18. The Hall–Kier alpha value is -0.895. The molecule has 1 aliphatic heterocycles. The van der Waals surface area contributed by atoms with Crippen LogP contribution in [0.2, 0.25) is 0 Å². The minimum absolute atomic E-state index is 0.536. The Morgan fingerprint density at radius 1 is 1.89 bits per heavy atom. The van der Waals surface area contributed by atoms with Gasteiger partial charge in [-0.15, -0.1) is 0 Å². The van der Waals surface area contributed by atoms with Crippen molar-refractivity contribution in [1.29, 1.82) is 0 Å². The van der Waals surface area contributed by atoms with Crippen molar-refractivity contribution in [2.75, 3.05) is 6.61 Å². The molecule has 0 saturated heterocycles. The summed E-state index contributed by atoms with van der Waals surface area (Å²) in [5.74, 6) is 2.54. The van der Waals surface area contributed by atoms with Crippen LogP contribution in [0.1, 0.15) is 0 Å². The first-order chi connectivity index (χ1) is 4.43. The van der Waals surface area contributed by atoms with Gasteiger partial charge in [-0.3, -0.25) is 5.34 Å². The number of hydrazine groups is 1. The van der Waals surface area contributed by atoms with E-state index in [1.165, 1.54) is 0 Å². The third kappa shape index (κ3) is 1.81. The van der Waals surface area contributed by atoms with Crippen LogP contribution in [0.25, 0.3) is 0 Å². The zero-order valence-corrected chi connectivity index (χ0v) is 5.05. The van der Waals surface area contributed by atoms with Gasteiger partial charge in [-0.25, -0.2) is 0 Å². The average Bonchev–Trinajstić information content (AvgIpc) is 2.34. The van der Waals surface area contributed by atoms with Crippen molar-refractivity contribution >= 4 is 7.41 Å². The Morgan fingerprint density at radius 3 is 3.33 bits per heavy atom. The van der Waals surface area contributed by atoms with Gasteiger partial charge in [0.05, 0.1) is 0 Å². The standard InChI is InChI=1S/C5H8BN2O/c1-2-3-9-5-4-6-8-7-5/h2,4,7-8H,1,3H2. The van der Waals surface area contributed by atoms with Gasteiger partial charge in [0, 0.05) is 0 Å². The first kappa shape index (κ1) is 6.23. The molecule has 47 valence electrons. The molecule has 0 spiro atoms. The average molecular weight is 123 g/mol. The maximum atomic E-state index is 5.09. The molecular formula is C5H8BN2O. The Labute approximate surface area is 55.0 Å². The van der Waals surface area contributed by atoms with E-state index in [1.54, 1.807) is 13.5 Å². The smallest absolute Gasteiger partial charge is 0.267 e. The van der Waals surface area contributed by atoms with E-state index in [2.05, 4.69) is 17.3 Å². The van der Waals surface area contributed by atoms with E-state index in [9.17, 15) is 0 Å². The molecule has 0 aliphatic carbocycles. The minimum Gasteiger partial charge on any atom is -0.475 e. The molecule has 9 heavy (non-hydrogen) atoms. The molecule has 0 bridgehead atoms. The van der Waals surface area contributed by atoms with Crippen LogP contribution in [-0.2, 0) is 4.74 Å². The summed E-state index contributed by atoms with van der Waals surface area (Å²) in [5.41, 5.74) is 2.78. The Kier molecular flexibility index (Phi) is 2.21. The molecule has 4 heteroatoms. The molecule has 0 unspecified atom stereocenters. The highest BCUT2D eigenvalue weighted by molar-refractivity contribution is 6.39. The number of hydrogen-bond donors (Lipinski definition) is 2. The van der Waals surface area contributed by atoms with Crippen molar-refractivity contribution in [3.8, 4) is 0 Å². The zero-order chi connectivity index (χ0) is 6.53. The lowest BCUT2D eigenvalue weighted by atomic mass is 9.99. The molecule has 1 aliphatic rings. The van der Waals surface area contributed by atoms with Gasteiger partial charge in [0.25, 0.3) is 7.41 Å². The van der Waals surface area contributed by atoms with Crippen LogP contribution in [0.4, 0.5) is 0 Å². The first-order valence-corrected chi connectivity index (χ1v) is 2.72. The minimum atomic E-state index is 0.536. The van der Waals surface area contributed by atoms with Crippen molar-refractivity contribution < 1.29 is 4.74 Å². The van der Waals surface area contributed by atoms with Gasteiger partial charge in [0.1, 0.15) is 6.61 Å². The third-order valence-electron chi connectivity index (χ3n) is 0.870. The van der Waals surface area contributed by atoms with Gasteiger partial charge in [-0.2, -0.15) is 0 Å². The summed E-state index contributed by atoms with van der Waals surface area (Å²) >= 11 is 0. The first-order valence-electron chi connectivity index (χ1n) is 2.72.